The molecule has 0 aliphatic rings. The van der Waals surface area contributed by atoms with E-state index in [1.54, 1.807) is 28.8 Å². The standard InChI is InChI=1S/C22H19ClN2O4S2/c1-14-7-10-20(29-2)18(11-14)24-31(27,28)16-8-9-19-21(12-16)30-22(26)25(19)13-15-5-3-4-6-17(15)23/h3-12,24H,13H2,1-2H3. The highest BCUT2D eigenvalue weighted by molar-refractivity contribution is 7.92. The first-order valence-electron chi connectivity index (χ1n) is 9.33. The quantitative estimate of drug-likeness (QED) is 0.432. The molecule has 0 aliphatic heterocycles. The van der Waals surface area contributed by atoms with Crippen LogP contribution in [0.1, 0.15) is 11.1 Å². The first-order chi connectivity index (χ1) is 14.8. The molecule has 0 unspecified atom stereocenters. The third-order valence-electron chi connectivity index (χ3n) is 4.84. The molecule has 31 heavy (non-hydrogen) atoms. The van der Waals surface area contributed by atoms with Crippen LogP contribution >= 0.6 is 22.9 Å². The summed E-state index contributed by atoms with van der Waals surface area (Å²) in [7, 11) is -2.40. The number of thiazole rings is 1. The van der Waals surface area contributed by atoms with E-state index in [0.29, 0.717) is 33.2 Å². The fraction of sp³-hybridized carbons (Fsp3) is 0.136. The summed E-state index contributed by atoms with van der Waals surface area (Å²) >= 11 is 7.23. The predicted molar refractivity (Wildman–Crippen MR) is 125 cm³/mol. The molecule has 4 rings (SSSR count). The molecular weight excluding hydrogens is 456 g/mol. The number of aryl methyl sites for hydroxylation is 1. The molecule has 0 saturated heterocycles. The lowest BCUT2D eigenvalue weighted by atomic mass is 10.2. The van der Waals surface area contributed by atoms with Gasteiger partial charge in [0.2, 0.25) is 0 Å². The van der Waals surface area contributed by atoms with Crippen LogP contribution in [0.3, 0.4) is 0 Å². The Morgan fingerprint density at radius 2 is 1.87 bits per heavy atom. The molecule has 0 radical (unpaired) electrons. The van der Waals surface area contributed by atoms with Crippen LogP contribution in [0.4, 0.5) is 5.69 Å². The van der Waals surface area contributed by atoms with E-state index in [-0.39, 0.29) is 9.77 Å². The van der Waals surface area contributed by atoms with Gasteiger partial charge in [-0.25, -0.2) is 8.42 Å². The van der Waals surface area contributed by atoms with E-state index in [4.69, 9.17) is 16.3 Å². The van der Waals surface area contributed by atoms with Crippen molar-refractivity contribution in [3.8, 4) is 5.75 Å². The Bertz CT molecular complexity index is 1440. The number of halogens is 1. The largest absolute Gasteiger partial charge is 0.495 e. The Balaban J connectivity index is 1.71. The van der Waals surface area contributed by atoms with Gasteiger partial charge >= 0.3 is 4.87 Å². The van der Waals surface area contributed by atoms with Crippen LogP contribution in [-0.4, -0.2) is 20.1 Å². The number of sulfonamides is 1. The van der Waals surface area contributed by atoms with Crippen molar-refractivity contribution in [2.75, 3.05) is 11.8 Å². The van der Waals surface area contributed by atoms with Crippen molar-refractivity contribution in [2.24, 2.45) is 0 Å². The van der Waals surface area contributed by atoms with Crippen molar-refractivity contribution in [2.45, 2.75) is 18.4 Å². The summed E-state index contributed by atoms with van der Waals surface area (Å²) in [6.45, 7) is 2.17. The number of ether oxygens (including phenoxy) is 1. The lowest BCUT2D eigenvalue weighted by Gasteiger charge is -2.13. The summed E-state index contributed by atoms with van der Waals surface area (Å²) in [5.41, 5.74) is 2.72. The molecule has 0 bridgehead atoms. The number of hydrogen-bond donors (Lipinski definition) is 1. The van der Waals surface area contributed by atoms with Crippen LogP contribution < -0.4 is 14.3 Å². The Kier molecular flexibility index (Phi) is 5.79. The zero-order valence-corrected chi connectivity index (χ0v) is 19.1. The number of nitrogens with zero attached hydrogens (tertiary/aromatic N) is 1. The second kappa shape index (κ2) is 8.37. The highest BCUT2D eigenvalue weighted by atomic mass is 35.5. The third kappa shape index (κ3) is 4.32. The molecule has 1 aromatic heterocycles. The van der Waals surface area contributed by atoms with Gasteiger partial charge in [0.1, 0.15) is 5.75 Å². The topological polar surface area (TPSA) is 77.4 Å². The van der Waals surface area contributed by atoms with Gasteiger partial charge in [-0.05, 0) is 54.4 Å². The number of rotatable bonds is 6. The lowest BCUT2D eigenvalue weighted by molar-refractivity contribution is 0.417. The second-order valence-electron chi connectivity index (χ2n) is 6.98. The van der Waals surface area contributed by atoms with Gasteiger partial charge in [0.05, 0.1) is 34.5 Å². The van der Waals surface area contributed by atoms with E-state index < -0.39 is 10.0 Å². The summed E-state index contributed by atoms with van der Waals surface area (Å²) in [6.07, 6.45) is 0. The first-order valence-corrected chi connectivity index (χ1v) is 12.0. The van der Waals surface area contributed by atoms with Crippen LogP contribution in [0.5, 0.6) is 5.75 Å². The highest BCUT2D eigenvalue weighted by Crippen LogP contribution is 2.29. The van der Waals surface area contributed by atoms with Gasteiger partial charge in [-0.15, -0.1) is 0 Å². The fourth-order valence-electron chi connectivity index (χ4n) is 3.27. The molecule has 0 amide bonds. The van der Waals surface area contributed by atoms with Crippen molar-refractivity contribution in [1.29, 1.82) is 0 Å². The molecule has 0 fully saturated rings. The maximum atomic E-state index is 13.0. The number of benzene rings is 3. The monoisotopic (exact) mass is 474 g/mol. The molecule has 160 valence electrons. The van der Waals surface area contributed by atoms with E-state index in [9.17, 15) is 13.2 Å². The molecule has 1 heterocycles. The molecular formula is C22H19ClN2O4S2. The Hall–Kier alpha value is -2.81. The van der Waals surface area contributed by atoms with E-state index >= 15 is 0 Å². The predicted octanol–water partition coefficient (Wildman–Crippen LogP) is 4.88. The average molecular weight is 475 g/mol. The number of hydrogen-bond acceptors (Lipinski definition) is 5. The Morgan fingerprint density at radius 1 is 1.10 bits per heavy atom. The van der Waals surface area contributed by atoms with Gasteiger partial charge in [0.15, 0.2) is 0 Å². The number of nitrogens with one attached hydrogen (secondary N) is 1. The zero-order chi connectivity index (χ0) is 22.2. The zero-order valence-electron chi connectivity index (χ0n) is 16.8. The van der Waals surface area contributed by atoms with E-state index in [2.05, 4.69) is 4.72 Å². The molecule has 3 aromatic carbocycles. The Morgan fingerprint density at radius 3 is 2.61 bits per heavy atom. The van der Waals surface area contributed by atoms with Crippen molar-refractivity contribution < 1.29 is 13.2 Å². The fourth-order valence-corrected chi connectivity index (χ4v) is 5.55. The number of anilines is 1. The summed E-state index contributed by atoms with van der Waals surface area (Å²) in [4.78, 5) is 12.5. The van der Waals surface area contributed by atoms with E-state index in [1.807, 2.05) is 31.2 Å². The molecule has 9 heteroatoms. The molecule has 1 N–H and O–H groups in total. The van der Waals surface area contributed by atoms with Crippen LogP contribution in [-0.2, 0) is 16.6 Å². The van der Waals surface area contributed by atoms with Crippen LogP contribution in [0, 0.1) is 6.92 Å². The SMILES string of the molecule is COc1ccc(C)cc1NS(=O)(=O)c1ccc2c(c1)sc(=O)n2Cc1ccccc1Cl. The average Bonchev–Trinajstić information content (AvgIpc) is 3.04. The van der Waals surface area contributed by atoms with Crippen molar-refractivity contribution in [3.63, 3.8) is 0 Å². The molecule has 0 atom stereocenters. The lowest BCUT2D eigenvalue weighted by Crippen LogP contribution is -2.14. The molecule has 0 spiro atoms. The minimum absolute atomic E-state index is 0.0645. The first kappa shape index (κ1) is 21.4. The minimum Gasteiger partial charge on any atom is -0.495 e. The van der Waals surface area contributed by atoms with Gasteiger partial charge < -0.3 is 4.74 Å². The van der Waals surface area contributed by atoms with Gasteiger partial charge in [-0.1, -0.05) is 47.2 Å². The van der Waals surface area contributed by atoms with Gasteiger partial charge in [0, 0.05) is 5.02 Å². The van der Waals surface area contributed by atoms with E-state index in [0.717, 1.165) is 22.5 Å². The van der Waals surface area contributed by atoms with Crippen LogP contribution in [0.25, 0.3) is 10.2 Å². The maximum absolute atomic E-state index is 13.0. The van der Waals surface area contributed by atoms with Gasteiger partial charge in [-0.2, -0.15) is 0 Å². The molecule has 0 aliphatic carbocycles. The molecule has 6 nitrogen and oxygen atoms in total. The number of aromatic nitrogens is 1. The third-order valence-corrected chi connectivity index (χ3v) is 7.51. The van der Waals surface area contributed by atoms with Gasteiger partial charge in [0.25, 0.3) is 10.0 Å². The van der Waals surface area contributed by atoms with Gasteiger partial charge in [-0.3, -0.25) is 14.1 Å². The van der Waals surface area contributed by atoms with Crippen LogP contribution in [0.15, 0.2) is 70.4 Å². The second-order valence-corrected chi connectivity index (χ2v) is 10.1. The van der Waals surface area contributed by atoms with Crippen molar-refractivity contribution in [1.82, 2.24) is 4.57 Å². The normalized spacial score (nSPS) is 11.6. The maximum Gasteiger partial charge on any atom is 0.308 e. The smallest absolute Gasteiger partial charge is 0.308 e. The number of fused-ring (bicyclic) bond motifs is 1. The summed E-state index contributed by atoms with van der Waals surface area (Å²) < 4.78 is 36.0. The minimum atomic E-state index is -3.88. The van der Waals surface area contributed by atoms with Crippen LogP contribution in [0.2, 0.25) is 5.02 Å². The number of methoxy groups -OCH3 is 1. The summed E-state index contributed by atoms with van der Waals surface area (Å²) in [5.74, 6) is 0.422. The Labute approximate surface area is 188 Å². The van der Waals surface area contributed by atoms with Crippen molar-refractivity contribution in [3.05, 3.63) is 86.5 Å². The summed E-state index contributed by atoms with van der Waals surface area (Å²) in [5, 5.41) is 0.573. The molecule has 4 aromatic rings. The highest BCUT2D eigenvalue weighted by Gasteiger charge is 2.19. The van der Waals surface area contributed by atoms with Crippen molar-refractivity contribution >= 4 is 48.9 Å². The molecule has 0 saturated carbocycles. The summed E-state index contributed by atoms with van der Waals surface area (Å²) in [6, 6.07) is 17.2. The van der Waals surface area contributed by atoms with E-state index in [1.165, 1.54) is 19.2 Å².